The summed E-state index contributed by atoms with van der Waals surface area (Å²) in [4.78, 5) is 11.9. The van der Waals surface area contributed by atoms with Gasteiger partial charge in [-0.15, -0.1) is 13.2 Å². The molecule has 0 amide bonds. The molecule has 0 aliphatic heterocycles. The molecule has 2 aromatic rings. The van der Waals surface area contributed by atoms with Crippen molar-refractivity contribution in [3.63, 3.8) is 0 Å². The van der Waals surface area contributed by atoms with Crippen LogP contribution in [0.25, 0.3) is 0 Å². The quantitative estimate of drug-likeness (QED) is 0.783. The number of alkyl halides is 3. The molecule has 0 aromatic heterocycles. The average Bonchev–Trinajstić information content (AvgIpc) is 2.51. The first kappa shape index (κ1) is 16.0. The minimum atomic E-state index is -4.94. The summed E-state index contributed by atoms with van der Waals surface area (Å²) < 4.78 is 46.3. The van der Waals surface area contributed by atoms with Crippen molar-refractivity contribution in [3.8, 4) is 0 Å². The maximum atomic E-state index is 12.5. The largest absolute Gasteiger partial charge is 0.523 e. The maximum absolute atomic E-state index is 12.5. The Labute approximate surface area is 125 Å². The van der Waals surface area contributed by atoms with E-state index in [1.807, 2.05) is 0 Å². The van der Waals surface area contributed by atoms with Crippen molar-refractivity contribution in [1.82, 2.24) is 0 Å². The van der Waals surface area contributed by atoms with Crippen molar-refractivity contribution in [2.75, 3.05) is 0 Å². The van der Waals surface area contributed by atoms with E-state index in [-0.39, 0.29) is 12.2 Å². The monoisotopic (exact) mass is 310 g/mol. The van der Waals surface area contributed by atoms with Crippen LogP contribution in [0.4, 0.5) is 13.2 Å². The summed E-state index contributed by atoms with van der Waals surface area (Å²) in [6.07, 6.45) is -6.78. The highest BCUT2D eigenvalue weighted by molar-refractivity contribution is 5.76. The van der Waals surface area contributed by atoms with Crippen LogP contribution in [0, 0.1) is 0 Å². The SMILES string of the molecule is O=C(OCc1ccccc1)C(OC(F)(F)F)c1ccccc1. The third kappa shape index (κ3) is 4.89. The van der Waals surface area contributed by atoms with Crippen molar-refractivity contribution in [2.24, 2.45) is 0 Å². The van der Waals surface area contributed by atoms with E-state index in [1.54, 1.807) is 36.4 Å². The van der Waals surface area contributed by atoms with Crippen molar-refractivity contribution in [3.05, 3.63) is 71.8 Å². The standard InChI is InChI=1S/C16H13F3O3/c17-16(18,19)22-14(13-9-5-2-6-10-13)15(20)21-11-12-7-3-1-4-8-12/h1-10,14H,11H2. The lowest BCUT2D eigenvalue weighted by atomic mass is 10.1. The Morgan fingerprint density at radius 1 is 0.955 bits per heavy atom. The molecule has 0 bridgehead atoms. The molecule has 0 N–H and O–H groups in total. The van der Waals surface area contributed by atoms with E-state index in [0.29, 0.717) is 5.56 Å². The van der Waals surface area contributed by atoms with Gasteiger partial charge in [0.2, 0.25) is 0 Å². The Balaban J connectivity index is 2.09. The number of ether oxygens (including phenoxy) is 2. The molecule has 22 heavy (non-hydrogen) atoms. The first-order valence-corrected chi connectivity index (χ1v) is 6.46. The van der Waals surface area contributed by atoms with Crippen molar-refractivity contribution in [1.29, 1.82) is 0 Å². The molecule has 6 heteroatoms. The molecular weight excluding hydrogens is 297 g/mol. The first-order chi connectivity index (χ1) is 10.5. The van der Waals surface area contributed by atoms with Crippen LogP contribution >= 0.6 is 0 Å². The summed E-state index contributed by atoms with van der Waals surface area (Å²) in [5, 5.41) is 0. The van der Waals surface area contributed by atoms with E-state index in [2.05, 4.69) is 4.74 Å². The number of rotatable bonds is 5. The second kappa shape index (κ2) is 7.09. The fraction of sp³-hybridized carbons (Fsp3) is 0.188. The van der Waals surface area contributed by atoms with Gasteiger partial charge < -0.3 is 4.74 Å². The molecule has 1 unspecified atom stereocenters. The Hall–Kier alpha value is -2.34. The lowest BCUT2D eigenvalue weighted by molar-refractivity contribution is -0.342. The molecule has 0 aliphatic carbocycles. The Morgan fingerprint density at radius 3 is 2.05 bits per heavy atom. The van der Waals surface area contributed by atoms with Gasteiger partial charge in [0.05, 0.1) is 0 Å². The van der Waals surface area contributed by atoms with Gasteiger partial charge in [-0.05, 0) is 11.1 Å². The molecular formula is C16H13F3O3. The lowest BCUT2D eigenvalue weighted by Gasteiger charge is -2.18. The summed E-state index contributed by atoms with van der Waals surface area (Å²) in [7, 11) is 0. The molecule has 0 aliphatic rings. The smallest absolute Gasteiger partial charge is 0.459 e. The fourth-order valence-electron chi connectivity index (χ4n) is 1.82. The van der Waals surface area contributed by atoms with Gasteiger partial charge in [0.1, 0.15) is 6.61 Å². The molecule has 2 aromatic carbocycles. The minimum absolute atomic E-state index is 0.0814. The highest BCUT2D eigenvalue weighted by atomic mass is 19.4. The van der Waals surface area contributed by atoms with Crippen molar-refractivity contribution < 1.29 is 27.4 Å². The second-order valence-electron chi connectivity index (χ2n) is 4.45. The summed E-state index contributed by atoms with van der Waals surface area (Å²) in [6, 6.07) is 16.1. The number of hydrogen-bond donors (Lipinski definition) is 0. The van der Waals surface area contributed by atoms with E-state index < -0.39 is 18.4 Å². The first-order valence-electron chi connectivity index (χ1n) is 6.46. The van der Waals surface area contributed by atoms with Gasteiger partial charge in [-0.3, -0.25) is 4.74 Å². The number of halogens is 3. The van der Waals surface area contributed by atoms with Crippen LogP contribution in [-0.2, 0) is 20.9 Å². The third-order valence-electron chi connectivity index (χ3n) is 2.79. The topological polar surface area (TPSA) is 35.5 Å². The van der Waals surface area contributed by atoms with Crippen LogP contribution in [0.5, 0.6) is 0 Å². The second-order valence-corrected chi connectivity index (χ2v) is 4.45. The highest BCUT2D eigenvalue weighted by Gasteiger charge is 2.38. The summed E-state index contributed by atoms with van der Waals surface area (Å²) in [6.45, 7) is -0.121. The molecule has 116 valence electrons. The molecule has 0 fully saturated rings. The number of benzene rings is 2. The van der Waals surface area contributed by atoms with Gasteiger partial charge >= 0.3 is 12.3 Å². The van der Waals surface area contributed by atoms with Gasteiger partial charge in [0, 0.05) is 0 Å². The Kier molecular flexibility index (Phi) is 5.16. The van der Waals surface area contributed by atoms with E-state index >= 15 is 0 Å². The lowest BCUT2D eigenvalue weighted by Crippen LogP contribution is -2.26. The van der Waals surface area contributed by atoms with Gasteiger partial charge in [-0.2, -0.15) is 0 Å². The van der Waals surface area contributed by atoms with Crippen LogP contribution in [0.3, 0.4) is 0 Å². The number of carbonyl (C=O) groups is 1. The summed E-state index contributed by atoms with van der Waals surface area (Å²) in [5.74, 6) is -1.09. The molecule has 2 rings (SSSR count). The van der Waals surface area contributed by atoms with Crippen LogP contribution in [0.15, 0.2) is 60.7 Å². The predicted octanol–water partition coefficient (Wildman–Crippen LogP) is 4.01. The highest BCUT2D eigenvalue weighted by Crippen LogP contribution is 2.29. The molecule has 3 nitrogen and oxygen atoms in total. The predicted molar refractivity (Wildman–Crippen MR) is 72.6 cm³/mol. The molecule has 0 radical (unpaired) electrons. The van der Waals surface area contributed by atoms with Gasteiger partial charge in [0.25, 0.3) is 0 Å². The van der Waals surface area contributed by atoms with E-state index in [0.717, 1.165) is 0 Å². The van der Waals surface area contributed by atoms with E-state index in [1.165, 1.54) is 24.3 Å². The zero-order valence-electron chi connectivity index (χ0n) is 11.4. The number of hydrogen-bond acceptors (Lipinski definition) is 3. The van der Waals surface area contributed by atoms with Gasteiger partial charge in [0.15, 0.2) is 6.10 Å². The number of esters is 1. The van der Waals surface area contributed by atoms with Crippen LogP contribution < -0.4 is 0 Å². The summed E-state index contributed by atoms with van der Waals surface area (Å²) in [5.41, 5.74) is 0.757. The van der Waals surface area contributed by atoms with Gasteiger partial charge in [-0.25, -0.2) is 4.79 Å². The zero-order chi connectivity index (χ0) is 16.0. The van der Waals surface area contributed by atoms with Crippen molar-refractivity contribution >= 4 is 5.97 Å². The Morgan fingerprint density at radius 2 is 1.50 bits per heavy atom. The zero-order valence-corrected chi connectivity index (χ0v) is 11.4. The average molecular weight is 310 g/mol. The number of carbonyl (C=O) groups excluding carboxylic acids is 1. The van der Waals surface area contributed by atoms with Gasteiger partial charge in [-0.1, -0.05) is 60.7 Å². The van der Waals surface area contributed by atoms with Crippen molar-refractivity contribution in [2.45, 2.75) is 19.1 Å². The molecule has 1 atom stereocenters. The van der Waals surface area contributed by atoms with E-state index in [4.69, 9.17) is 4.74 Å². The fourth-order valence-corrected chi connectivity index (χ4v) is 1.82. The normalized spacial score (nSPS) is 12.7. The maximum Gasteiger partial charge on any atom is 0.523 e. The molecule has 0 spiro atoms. The molecule has 0 saturated carbocycles. The summed E-state index contributed by atoms with van der Waals surface area (Å²) >= 11 is 0. The molecule has 0 saturated heterocycles. The minimum Gasteiger partial charge on any atom is -0.459 e. The Bertz CT molecular complexity index is 597. The molecule has 0 heterocycles. The van der Waals surface area contributed by atoms with Crippen LogP contribution in [0.2, 0.25) is 0 Å². The van der Waals surface area contributed by atoms with Crippen LogP contribution in [0.1, 0.15) is 17.2 Å². The third-order valence-corrected chi connectivity index (χ3v) is 2.79. The van der Waals surface area contributed by atoms with E-state index in [9.17, 15) is 18.0 Å². The van der Waals surface area contributed by atoms with Crippen LogP contribution in [-0.4, -0.2) is 12.3 Å².